The maximum Gasteiger partial charge on any atom is 0.247 e. The van der Waals surface area contributed by atoms with Gasteiger partial charge in [-0.25, -0.2) is 0 Å². The van der Waals surface area contributed by atoms with E-state index in [4.69, 9.17) is 5.73 Å². The van der Waals surface area contributed by atoms with Gasteiger partial charge in [0.25, 0.3) is 0 Å². The lowest BCUT2D eigenvalue weighted by molar-refractivity contribution is -0.137. The molecular weight excluding hydrogens is 681 g/mol. The summed E-state index contributed by atoms with van der Waals surface area (Å²) in [6.07, 6.45) is 0. The number of para-hydroxylation sites is 2. The highest BCUT2D eigenvalue weighted by Crippen LogP contribution is 2.18. The van der Waals surface area contributed by atoms with E-state index in [-0.39, 0.29) is 38.6 Å². The molecule has 54 heavy (non-hydrogen) atoms. The monoisotopic (exact) mass is 724 g/mol. The van der Waals surface area contributed by atoms with Gasteiger partial charge in [0.2, 0.25) is 29.5 Å². The van der Waals surface area contributed by atoms with Gasteiger partial charge in [-0.15, -0.1) is 0 Å². The van der Waals surface area contributed by atoms with Gasteiger partial charge in [0.1, 0.15) is 19.6 Å². The summed E-state index contributed by atoms with van der Waals surface area (Å²) in [6.45, 7) is -0.839. The van der Waals surface area contributed by atoms with Gasteiger partial charge >= 0.3 is 0 Å². The van der Waals surface area contributed by atoms with Crippen molar-refractivity contribution in [2.45, 2.75) is 19.6 Å². The van der Waals surface area contributed by atoms with Crippen LogP contribution in [0.2, 0.25) is 0 Å². The smallest absolute Gasteiger partial charge is 0.247 e. The number of amides is 5. The summed E-state index contributed by atoms with van der Waals surface area (Å²) < 4.78 is 0. The van der Waals surface area contributed by atoms with Crippen LogP contribution in [0.1, 0.15) is 16.7 Å². The van der Waals surface area contributed by atoms with Crippen LogP contribution in [0.5, 0.6) is 0 Å². The lowest BCUT2D eigenvalue weighted by Crippen LogP contribution is -2.50. The molecule has 5 aromatic rings. The van der Waals surface area contributed by atoms with E-state index in [1.807, 2.05) is 97.1 Å². The number of nitrogens with two attached hydrogens (primary N) is 1. The van der Waals surface area contributed by atoms with Gasteiger partial charge in [-0.05, 0) is 41.0 Å². The minimum absolute atomic E-state index is 0.0244. The molecule has 3 N–H and O–H groups in total. The van der Waals surface area contributed by atoms with Crippen LogP contribution in [0.25, 0.3) is 0 Å². The van der Waals surface area contributed by atoms with Crippen molar-refractivity contribution in [1.29, 1.82) is 0 Å². The molecule has 0 saturated carbocycles. The topological polar surface area (TPSA) is 136 Å². The Balaban J connectivity index is 1.38. The summed E-state index contributed by atoms with van der Waals surface area (Å²) >= 11 is 0. The predicted octanol–water partition coefficient (Wildman–Crippen LogP) is 4.39. The van der Waals surface area contributed by atoms with E-state index in [0.717, 1.165) is 16.7 Å². The molecule has 0 radical (unpaired) electrons. The van der Waals surface area contributed by atoms with Crippen LogP contribution in [-0.4, -0.2) is 72.1 Å². The van der Waals surface area contributed by atoms with Gasteiger partial charge in [0.15, 0.2) is 0 Å². The fourth-order valence-corrected chi connectivity index (χ4v) is 5.85. The lowest BCUT2D eigenvalue weighted by atomic mass is 10.2. The number of rotatable bonds is 18. The lowest BCUT2D eigenvalue weighted by Gasteiger charge is -2.31. The molecular formula is C43H44N6O5. The van der Waals surface area contributed by atoms with Gasteiger partial charge in [0, 0.05) is 31.0 Å². The molecule has 11 heteroatoms. The van der Waals surface area contributed by atoms with Crippen LogP contribution in [-0.2, 0) is 43.6 Å². The predicted molar refractivity (Wildman–Crippen MR) is 209 cm³/mol. The summed E-state index contributed by atoms with van der Waals surface area (Å²) in [5, 5.41) is 3.17. The fraction of sp³-hybridized carbons (Fsp3) is 0.186. The number of anilines is 2. The van der Waals surface area contributed by atoms with Crippen LogP contribution in [0.4, 0.5) is 11.4 Å². The average Bonchev–Trinajstić information content (AvgIpc) is 3.20. The normalized spacial score (nSPS) is 10.6. The second-order valence-corrected chi connectivity index (χ2v) is 12.7. The molecule has 0 unspecified atom stereocenters. The Labute approximate surface area is 315 Å². The molecule has 5 rings (SSSR count). The first-order valence-electron chi connectivity index (χ1n) is 17.6. The first kappa shape index (κ1) is 38.6. The Bertz CT molecular complexity index is 1970. The van der Waals surface area contributed by atoms with Crippen LogP contribution >= 0.6 is 0 Å². The van der Waals surface area contributed by atoms with Crippen molar-refractivity contribution in [3.05, 3.63) is 168 Å². The Morgan fingerprint density at radius 3 is 1.22 bits per heavy atom. The van der Waals surface area contributed by atoms with Crippen molar-refractivity contribution >= 4 is 40.9 Å². The standard InChI is InChI=1S/C43H44N6O5/c44-39(50)30-46(28-35-18-8-2-9-19-35)41(52)33-49(38-24-14-5-15-25-38)43(54)31-47(29-36-20-10-3-11-21-36)42(53)32-48(37-22-12-4-13-23-37)40(51)27-45-26-34-16-6-1-7-17-34/h1-25,45H,26-33H2,(H2,44,50). The molecule has 0 saturated heterocycles. The molecule has 0 fully saturated rings. The minimum atomic E-state index is -0.690. The number of nitrogens with zero attached hydrogens (tertiary/aromatic N) is 4. The molecule has 5 amide bonds. The number of carbonyl (C=O) groups is 5. The van der Waals surface area contributed by atoms with E-state index in [0.29, 0.717) is 17.9 Å². The second kappa shape index (κ2) is 19.9. The van der Waals surface area contributed by atoms with Crippen molar-refractivity contribution in [3.63, 3.8) is 0 Å². The first-order valence-corrected chi connectivity index (χ1v) is 17.6. The molecule has 0 bridgehead atoms. The van der Waals surface area contributed by atoms with Crippen molar-refractivity contribution in [2.24, 2.45) is 5.73 Å². The minimum Gasteiger partial charge on any atom is -0.368 e. The third-order valence-electron chi connectivity index (χ3n) is 8.58. The Morgan fingerprint density at radius 2 is 0.796 bits per heavy atom. The molecule has 0 aliphatic heterocycles. The Hall–Kier alpha value is -6.59. The number of hydrogen-bond acceptors (Lipinski definition) is 6. The Morgan fingerprint density at radius 1 is 0.426 bits per heavy atom. The zero-order valence-electron chi connectivity index (χ0n) is 30.0. The number of hydrogen-bond donors (Lipinski definition) is 2. The van der Waals surface area contributed by atoms with E-state index in [1.54, 1.807) is 54.6 Å². The second-order valence-electron chi connectivity index (χ2n) is 12.7. The number of nitrogens with one attached hydrogen (secondary N) is 1. The van der Waals surface area contributed by atoms with Gasteiger partial charge < -0.3 is 30.7 Å². The third-order valence-corrected chi connectivity index (χ3v) is 8.58. The first-order chi connectivity index (χ1) is 26.3. The van der Waals surface area contributed by atoms with Crippen LogP contribution in [0, 0.1) is 0 Å². The van der Waals surface area contributed by atoms with Crippen molar-refractivity contribution in [3.8, 4) is 0 Å². The van der Waals surface area contributed by atoms with Crippen LogP contribution in [0.15, 0.2) is 152 Å². The quantitative estimate of drug-likeness (QED) is 0.138. The van der Waals surface area contributed by atoms with Gasteiger partial charge in [-0.3, -0.25) is 24.0 Å². The summed E-state index contributed by atoms with van der Waals surface area (Å²) in [5.74, 6) is -2.50. The Kier molecular flexibility index (Phi) is 14.2. The number of benzene rings is 5. The maximum absolute atomic E-state index is 14.3. The van der Waals surface area contributed by atoms with E-state index in [9.17, 15) is 24.0 Å². The summed E-state index contributed by atoms with van der Waals surface area (Å²) in [4.78, 5) is 73.6. The summed E-state index contributed by atoms with van der Waals surface area (Å²) in [7, 11) is 0. The number of primary amides is 1. The molecule has 0 atom stereocenters. The molecule has 5 aromatic carbocycles. The molecule has 0 spiro atoms. The van der Waals surface area contributed by atoms with Gasteiger partial charge in [0.05, 0.1) is 13.1 Å². The van der Waals surface area contributed by atoms with E-state index >= 15 is 0 Å². The summed E-state index contributed by atoms with van der Waals surface area (Å²) in [5.41, 5.74) is 9.08. The van der Waals surface area contributed by atoms with Crippen LogP contribution in [0.3, 0.4) is 0 Å². The zero-order chi connectivity index (χ0) is 38.1. The van der Waals surface area contributed by atoms with E-state index in [2.05, 4.69) is 5.32 Å². The van der Waals surface area contributed by atoms with Crippen molar-refractivity contribution in [1.82, 2.24) is 15.1 Å². The van der Waals surface area contributed by atoms with Crippen LogP contribution < -0.4 is 20.9 Å². The molecule has 0 heterocycles. The fourth-order valence-electron chi connectivity index (χ4n) is 5.85. The highest BCUT2D eigenvalue weighted by molar-refractivity contribution is 6.03. The van der Waals surface area contributed by atoms with Crippen molar-refractivity contribution < 1.29 is 24.0 Å². The molecule has 0 aliphatic rings. The summed E-state index contributed by atoms with van der Waals surface area (Å²) in [6, 6.07) is 45.7. The van der Waals surface area contributed by atoms with Gasteiger partial charge in [-0.2, -0.15) is 0 Å². The van der Waals surface area contributed by atoms with Gasteiger partial charge in [-0.1, -0.05) is 127 Å². The molecule has 11 nitrogen and oxygen atoms in total. The SMILES string of the molecule is NC(=O)CN(Cc1ccccc1)C(=O)CN(C(=O)CN(Cc1ccccc1)C(=O)CN(C(=O)CNCc1ccccc1)c1ccccc1)c1ccccc1. The maximum atomic E-state index is 14.3. The highest BCUT2D eigenvalue weighted by Gasteiger charge is 2.29. The van der Waals surface area contributed by atoms with E-state index < -0.39 is 36.7 Å². The number of carbonyl (C=O) groups excluding carboxylic acids is 5. The third kappa shape index (κ3) is 11.7. The molecule has 276 valence electrons. The van der Waals surface area contributed by atoms with Crippen molar-refractivity contribution in [2.75, 3.05) is 42.5 Å². The van der Waals surface area contributed by atoms with E-state index in [1.165, 1.54) is 19.6 Å². The molecule has 0 aliphatic carbocycles. The largest absolute Gasteiger partial charge is 0.368 e. The average molecular weight is 725 g/mol. The highest BCUT2D eigenvalue weighted by atomic mass is 16.2. The molecule has 0 aromatic heterocycles. The zero-order valence-corrected chi connectivity index (χ0v) is 30.0.